The molecule has 1 aliphatic heterocycles. The molecule has 1 aromatic carbocycles. The van der Waals surface area contributed by atoms with Crippen LogP contribution < -0.4 is 14.9 Å². The van der Waals surface area contributed by atoms with Crippen LogP contribution in [-0.4, -0.2) is 53.1 Å². The number of rotatable bonds is 7. The van der Waals surface area contributed by atoms with Crippen LogP contribution in [0, 0.1) is 5.92 Å². The molecule has 0 atom stereocenters. The van der Waals surface area contributed by atoms with Gasteiger partial charge in [-0.3, -0.25) is 0 Å². The van der Waals surface area contributed by atoms with Crippen molar-refractivity contribution < 1.29 is 26.3 Å². The average Bonchev–Trinajstić information content (AvgIpc) is 2.73. The van der Waals surface area contributed by atoms with Crippen LogP contribution >= 0.6 is 0 Å². The third-order valence-corrected chi connectivity index (χ3v) is 7.28. The second-order valence-corrected chi connectivity index (χ2v) is 9.99. The van der Waals surface area contributed by atoms with E-state index in [1.54, 1.807) is 17.9 Å². The van der Waals surface area contributed by atoms with E-state index < -0.39 is 21.8 Å². The molecule has 10 heteroatoms. The summed E-state index contributed by atoms with van der Waals surface area (Å²) in [6, 6.07) is 4.18. The number of nitrogens with one attached hydrogen (secondary N) is 2. The van der Waals surface area contributed by atoms with E-state index in [9.17, 15) is 21.6 Å². The Morgan fingerprint density at radius 2 is 1.80 bits per heavy atom. The molecule has 2 N–H and O–H groups in total. The van der Waals surface area contributed by atoms with Crippen molar-refractivity contribution in [2.24, 2.45) is 5.92 Å². The second-order valence-electron chi connectivity index (χ2n) is 7.95. The monoisotopic (exact) mass is 449 g/mol. The Kier molecular flexibility index (Phi) is 7.52. The first-order valence-corrected chi connectivity index (χ1v) is 12.1. The number of benzene rings is 1. The maximum atomic E-state index is 13.5. The summed E-state index contributed by atoms with van der Waals surface area (Å²) < 4.78 is 71.8. The number of nitrogens with zero attached hydrogens (tertiary/aromatic N) is 1. The van der Waals surface area contributed by atoms with Gasteiger partial charge in [0, 0.05) is 31.4 Å². The molecule has 1 aromatic rings. The first-order chi connectivity index (χ1) is 14.2. The molecule has 0 amide bonds. The fourth-order valence-electron chi connectivity index (χ4n) is 4.03. The van der Waals surface area contributed by atoms with Gasteiger partial charge >= 0.3 is 6.18 Å². The Hall–Kier alpha value is -1.52. The van der Waals surface area contributed by atoms with Crippen molar-refractivity contribution in [1.82, 2.24) is 4.72 Å². The summed E-state index contributed by atoms with van der Waals surface area (Å²) >= 11 is 0. The van der Waals surface area contributed by atoms with E-state index in [-0.39, 0.29) is 17.5 Å². The Bertz CT molecular complexity index is 803. The number of anilines is 2. The molecule has 1 aliphatic carbocycles. The largest absolute Gasteiger partial charge is 0.418 e. The third-order valence-electron chi connectivity index (χ3n) is 5.82. The molecular weight excluding hydrogens is 419 g/mol. The first-order valence-electron chi connectivity index (χ1n) is 10.5. The van der Waals surface area contributed by atoms with E-state index in [4.69, 9.17) is 4.74 Å². The average molecular weight is 450 g/mol. The van der Waals surface area contributed by atoms with Gasteiger partial charge in [-0.25, -0.2) is 13.1 Å². The minimum absolute atomic E-state index is 0.0230. The van der Waals surface area contributed by atoms with Gasteiger partial charge in [0.1, 0.15) is 0 Å². The molecule has 0 radical (unpaired) electrons. The van der Waals surface area contributed by atoms with Crippen LogP contribution in [-0.2, 0) is 20.9 Å². The van der Waals surface area contributed by atoms with Gasteiger partial charge in [0.2, 0.25) is 10.0 Å². The highest BCUT2D eigenvalue weighted by molar-refractivity contribution is 7.89. The van der Waals surface area contributed by atoms with Gasteiger partial charge in [0.25, 0.3) is 0 Å². The van der Waals surface area contributed by atoms with E-state index in [0.29, 0.717) is 44.5 Å². The molecule has 3 rings (SSSR count). The Morgan fingerprint density at radius 1 is 1.13 bits per heavy atom. The zero-order chi connectivity index (χ0) is 21.8. The molecular formula is C20H30F3N3O3S. The molecule has 170 valence electrons. The number of halogens is 3. The van der Waals surface area contributed by atoms with E-state index >= 15 is 0 Å². The number of ether oxygens (including phenoxy) is 1. The van der Waals surface area contributed by atoms with Crippen LogP contribution in [0.4, 0.5) is 24.5 Å². The van der Waals surface area contributed by atoms with Crippen LogP contribution in [0.3, 0.4) is 0 Å². The lowest BCUT2D eigenvalue weighted by molar-refractivity contribution is -0.137. The molecule has 30 heavy (non-hydrogen) atoms. The number of hydrogen-bond acceptors (Lipinski definition) is 5. The van der Waals surface area contributed by atoms with Gasteiger partial charge < -0.3 is 15.0 Å². The SMILES string of the molecule is CCS(=O)(=O)N[C@H]1CC[C@H](CNc2ccc(C(F)(F)F)c(N3CCOCC3)c2)CC1. The number of morpholine rings is 1. The predicted octanol–water partition coefficient (Wildman–Crippen LogP) is 3.45. The zero-order valence-electron chi connectivity index (χ0n) is 17.2. The zero-order valence-corrected chi connectivity index (χ0v) is 18.0. The van der Waals surface area contributed by atoms with Crippen molar-refractivity contribution in [3.8, 4) is 0 Å². The van der Waals surface area contributed by atoms with E-state index in [1.807, 2.05) is 0 Å². The fourth-order valence-corrected chi connectivity index (χ4v) is 4.94. The van der Waals surface area contributed by atoms with E-state index in [1.165, 1.54) is 6.07 Å². The van der Waals surface area contributed by atoms with Gasteiger partial charge in [-0.15, -0.1) is 0 Å². The summed E-state index contributed by atoms with van der Waals surface area (Å²) in [5.74, 6) is 0.440. The molecule has 2 fully saturated rings. The summed E-state index contributed by atoms with van der Waals surface area (Å²) in [5, 5.41) is 3.28. The lowest BCUT2D eigenvalue weighted by Gasteiger charge is -2.32. The summed E-state index contributed by atoms with van der Waals surface area (Å²) in [6.45, 7) is 3.97. The van der Waals surface area contributed by atoms with Crippen LogP contribution in [0.1, 0.15) is 38.2 Å². The number of alkyl halides is 3. The minimum atomic E-state index is -4.41. The van der Waals surface area contributed by atoms with Gasteiger partial charge in [0.15, 0.2) is 0 Å². The van der Waals surface area contributed by atoms with Crippen molar-refractivity contribution >= 4 is 21.4 Å². The summed E-state index contributed by atoms with van der Waals surface area (Å²) in [6.07, 6.45) is -1.10. The van der Waals surface area contributed by atoms with E-state index in [0.717, 1.165) is 31.7 Å². The van der Waals surface area contributed by atoms with Gasteiger partial charge in [-0.2, -0.15) is 13.2 Å². The van der Waals surface area contributed by atoms with Gasteiger partial charge in [0.05, 0.1) is 30.2 Å². The van der Waals surface area contributed by atoms with Crippen LogP contribution in [0.25, 0.3) is 0 Å². The molecule has 1 saturated carbocycles. The fraction of sp³-hybridized carbons (Fsp3) is 0.700. The summed E-state index contributed by atoms with van der Waals surface area (Å²) in [5.41, 5.74) is 0.227. The third kappa shape index (κ3) is 6.24. The molecule has 6 nitrogen and oxygen atoms in total. The van der Waals surface area contributed by atoms with Crippen LogP contribution in [0.15, 0.2) is 18.2 Å². The lowest BCUT2D eigenvalue weighted by Crippen LogP contribution is -2.39. The highest BCUT2D eigenvalue weighted by atomic mass is 32.2. The summed E-state index contributed by atoms with van der Waals surface area (Å²) in [7, 11) is -3.19. The van der Waals surface area contributed by atoms with Crippen molar-refractivity contribution in [3.63, 3.8) is 0 Å². The number of hydrogen-bond donors (Lipinski definition) is 2. The van der Waals surface area contributed by atoms with Crippen molar-refractivity contribution in [3.05, 3.63) is 23.8 Å². The Morgan fingerprint density at radius 3 is 2.40 bits per heavy atom. The molecule has 0 bridgehead atoms. The standard InChI is InChI=1S/C20H30F3N3O3S/c1-2-30(27,28)25-16-5-3-15(4-6-16)14-24-17-7-8-18(20(21,22)23)19(13-17)26-9-11-29-12-10-26/h7-8,13,15-16,24-25H,2-6,9-12,14H2,1H3/t15-,16-. The lowest BCUT2D eigenvalue weighted by atomic mass is 9.86. The Labute approximate surface area is 176 Å². The molecule has 0 unspecified atom stereocenters. The van der Waals surface area contributed by atoms with Gasteiger partial charge in [-0.05, 0) is 56.7 Å². The Balaban J connectivity index is 1.59. The van der Waals surface area contributed by atoms with Gasteiger partial charge in [-0.1, -0.05) is 0 Å². The maximum absolute atomic E-state index is 13.5. The predicted molar refractivity (Wildman–Crippen MR) is 111 cm³/mol. The number of sulfonamides is 1. The van der Waals surface area contributed by atoms with Crippen LogP contribution in [0.5, 0.6) is 0 Å². The van der Waals surface area contributed by atoms with Crippen molar-refractivity contribution in [2.45, 2.75) is 44.8 Å². The van der Waals surface area contributed by atoms with Crippen molar-refractivity contribution in [1.29, 1.82) is 0 Å². The quantitative estimate of drug-likeness (QED) is 0.667. The molecule has 1 heterocycles. The molecule has 2 aliphatic rings. The highest BCUT2D eigenvalue weighted by Crippen LogP contribution is 2.38. The highest BCUT2D eigenvalue weighted by Gasteiger charge is 2.35. The smallest absolute Gasteiger partial charge is 0.385 e. The molecule has 1 saturated heterocycles. The van der Waals surface area contributed by atoms with E-state index in [2.05, 4.69) is 10.0 Å². The van der Waals surface area contributed by atoms with Crippen molar-refractivity contribution in [2.75, 3.05) is 48.8 Å². The maximum Gasteiger partial charge on any atom is 0.418 e. The normalized spacial score (nSPS) is 23.4. The van der Waals surface area contributed by atoms with Crippen LogP contribution in [0.2, 0.25) is 0 Å². The molecule has 0 aromatic heterocycles. The summed E-state index contributed by atoms with van der Waals surface area (Å²) in [4.78, 5) is 1.72. The second kappa shape index (κ2) is 9.74. The first kappa shape index (κ1) is 23.1. The molecule has 0 spiro atoms. The topological polar surface area (TPSA) is 70.7 Å². The minimum Gasteiger partial charge on any atom is -0.385 e.